The number of hydrogen-bond donors (Lipinski definition) is 0. The van der Waals surface area contributed by atoms with Crippen LogP contribution in [0.2, 0.25) is 0 Å². The first kappa shape index (κ1) is 16.6. The molecule has 4 saturated carbocycles. The van der Waals surface area contributed by atoms with Gasteiger partial charge in [-0.2, -0.15) is 0 Å². The Labute approximate surface area is 126 Å². The summed E-state index contributed by atoms with van der Waals surface area (Å²) in [5.74, 6) is -3.98. The van der Waals surface area contributed by atoms with Crippen LogP contribution >= 0.6 is 0 Å². The van der Waals surface area contributed by atoms with Crippen molar-refractivity contribution in [3.05, 3.63) is 12.2 Å². The Morgan fingerprint density at radius 3 is 2.13 bits per heavy atom. The van der Waals surface area contributed by atoms with Crippen molar-refractivity contribution in [2.45, 2.75) is 61.1 Å². The van der Waals surface area contributed by atoms with E-state index in [1.807, 2.05) is 0 Å². The molecule has 0 heterocycles. The summed E-state index contributed by atoms with van der Waals surface area (Å²) in [6.07, 6.45) is -17.5. The highest BCUT2D eigenvalue weighted by Crippen LogP contribution is 2.67. The molecule has 0 aromatic carbocycles. The lowest BCUT2D eigenvalue weighted by molar-refractivity contribution is -0.350. The molecule has 0 saturated heterocycles. The van der Waals surface area contributed by atoms with Gasteiger partial charge in [-0.05, 0) is 6.92 Å². The van der Waals surface area contributed by atoms with Crippen LogP contribution in [0.4, 0.5) is 30.7 Å². The van der Waals surface area contributed by atoms with Gasteiger partial charge in [0.2, 0.25) is 5.67 Å². The number of alkyl halides is 7. The molecule has 4 rings (SSSR count). The number of hydrogen-bond acceptors (Lipinski definition) is 2. The van der Waals surface area contributed by atoms with Gasteiger partial charge < -0.3 is 4.74 Å². The molecule has 0 aliphatic heterocycles. The maximum atomic E-state index is 14.6. The molecule has 9 heteroatoms. The van der Waals surface area contributed by atoms with Crippen molar-refractivity contribution >= 4 is 5.97 Å². The first-order chi connectivity index (χ1) is 10.4. The molecule has 0 aromatic heterocycles. The molecule has 4 bridgehead atoms. The number of ether oxygens (including phenoxy) is 1. The lowest BCUT2D eigenvalue weighted by atomic mass is 9.47. The average molecular weight is 346 g/mol. The predicted octanol–water partition coefficient (Wildman–Crippen LogP) is 3.00. The van der Waals surface area contributed by atoms with Crippen molar-refractivity contribution in [3.63, 3.8) is 0 Å². The van der Waals surface area contributed by atoms with E-state index in [4.69, 9.17) is 0 Å². The van der Waals surface area contributed by atoms with Gasteiger partial charge in [-0.3, -0.25) is 0 Å². The molecule has 9 atom stereocenters. The maximum Gasteiger partial charge on any atom is 0.333 e. The first-order valence-electron chi connectivity index (χ1n) is 6.91. The van der Waals surface area contributed by atoms with Gasteiger partial charge in [-0.1, -0.05) is 6.58 Å². The molecule has 4 aliphatic rings. The number of rotatable bonds is 2. The van der Waals surface area contributed by atoms with Crippen LogP contribution in [0, 0.1) is 5.92 Å². The molecular weight excluding hydrogens is 333 g/mol. The molecule has 0 N–H and O–H groups in total. The molecule has 130 valence electrons. The summed E-state index contributed by atoms with van der Waals surface area (Å²) >= 11 is 0. The molecule has 4 aliphatic carbocycles. The summed E-state index contributed by atoms with van der Waals surface area (Å²) in [4.78, 5) is 11.6. The average Bonchev–Trinajstić information content (AvgIpc) is 2.47. The van der Waals surface area contributed by atoms with Gasteiger partial charge in [0.1, 0.15) is 12.3 Å². The van der Waals surface area contributed by atoms with Gasteiger partial charge >= 0.3 is 5.97 Å². The van der Waals surface area contributed by atoms with Crippen LogP contribution in [0.25, 0.3) is 0 Å². The summed E-state index contributed by atoms with van der Waals surface area (Å²) in [5, 5.41) is 0. The van der Waals surface area contributed by atoms with Gasteiger partial charge in [0.25, 0.3) is 0 Å². The fourth-order valence-electron chi connectivity index (χ4n) is 4.02. The van der Waals surface area contributed by atoms with Crippen LogP contribution < -0.4 is 0 Å². The standard InChI is InChI=1S/C14H13F7O2/c1-4(2)9(22)23-13-3-12(20)6(15)5(7(13)16)8(17)14(21,10(12)18)11(13)19/h5-8,10-11H,1,3H2,2H3. The fraction of sp³-hybridized carbons (Fsp3) is 0.786. The molecule has 23 heavy (non-hydrogen) atoms. The normalized spacial score (nSPS) is 57.4. The lowest BCUT2D eigenvalue weighted by Gasteiger charge is -2.65. The van der Waals surface area contributed by atoms with E-state index in [2.05, 4.69) is 11.3 Å². The Morgan fingerprint density at radius 2 is 1.61 bits per heavy atom. The van der Waals surface area contributed by atoms with E-state index in [1.165, 1.54) is 0 Å². The highest BCUT2D eigenvalue weighted by molar-refractivity contribution is 5.87. The summed E-state index contributed by atoms with van der Waals surface area (Å²) in [7, 11) is 0. The topological polar surface area (TPSA) is 26.3 Å². The zero-order chi connectivity index (χ0) is 17.5. The number of esters is 1. The van der Waals surface area contributed by atoms with Gasteiger partial charge in [0.05, 0.1) is 5.92 Å². The van der Waals surface area contributed by atoms with Crippen molar-refractivity contribution in [3.8, 4) is 0 Å². The smallest absolute Gasteiger partial charge is 0.333 e. The molecule has 9 unspecified atom stereocenters. The molecular formula is C14H13F7O2. The van der Waals surface area contributed by atoms with Crippen molar-refractivity contribution in [1.82, 2.24) is 0 Å². The third kappa shape index (κ3) is 1.58. The molecule has 0 radical (unpaired) electrons. The van der Waals surface area contributed by atoms with Gasteiger partial charge in [0, 0.05) is 12.0 Å². The van der Waals surface area contributed by atoms with Crippen LogP contribution in [0.5, 0.6) is 0 Å². The Morgan fingerprint density at radius 1 is 1.04 bits per heavy atom. The maximum absolute atomic E-state index is 14.6. The summed E-state index contributed by atoms with van der Waals surface area (Å²) in [6.45, 7) is 4.26. The second-order valence-corrected chi connectivity index (χ2v) is 6.56. The van der Waals surface area contributed by atoms with Crippen LogP contribution in [0.3, 0.4) is 0 Å². The summed E-state index contributed by atoms with van der Waals surface area (Å²) < 4.78 is 105. The van der Waals surface area contributed by atoms with Crippen molar-refractivity contribution in [1.29, 1.82) is 0 Å². The monoisotopic (exact) mass is 346 g/mol. The van der Waals surface area contributed by atoms with Gasteiger partial charge in [0.15, 0.2) is 29.8 Å². The Kier molecular flexibility index (Phi) is 3.18. The predicted molar refractivity (Wildman–Crippen MR) is 63.9 cm³/mol. The number of carbonyl (C=O) groups excluding carboxylic acids is 1. The zero-order valence-electron chi connectivity index (χ0n) is 11.8. The van der Waals surface area contributed by atoms with Crippen molar-refractivity contribution in [2.24, 2.45) is 5.92 Å². The van der Waals surface area contributed by atoms with E-state index in [-0.39, 0.29) is 5.57 Å². The van der Waals surface area contributed by atoms with Crippen LogP contribution in [0.15, 0.2) is 12.2 Å². The molecule has 2 nitrogen and oxygen atoms in total. The Balaban J connectivity index is 2.16. The fourth-order valence-corrected chi connectivity index (χ4v) is 4.02. The quantitative estimate of drug-likeness (QED) is 0.437. The summed E-state index contributed by atoms with van der Waals surface area (Å²) in [6, 6.07) is 0. The highest BCUT2D eigenvalue weighted by Gasteiger charge is 2.88. The SMILES string of the molecule is C=C(C)C(=O)OC12CC3(F)C(F)C(C1F)C(F)C(F)(C3F)C2F. The minimum absolute atomic E-state index is 0.341. The molecule has 0 amide bonds. The van der Waals surface area contributed by atoms with Crippen LogP contribution in [-0.4, -0.2) is 53.8 Å². The van der Waals surface area contributed by atoms with Gasteiger partial charge in [-0.15, -0.1) is 0 Å². The molecule has 4 fully saturated rings. The zero-order valence-corrected chi connectivity index (χ0v) is 11.8. The second kappa shape index (κ2) is 4.42. The van der Waals surface area contributed by atoms with Crippen LogP contribution in [-0.2, 0) is 9.53 Å². The third-order valence-electron chi connectivity index (χ3n) is 5.17. The Bertz CT molecular complexity index is 585. The van der Waals surface area contributed by atoms with Gasteiger partial charge in [-0.25, -0.2) is 35.5 Å². The first-order valence-corrected chi connectivity index (χ1v) is 6.91. The third-order valence-corrected chi connectivity index (χ3v) is 5.17. The van der Waals surface area contributed by atoms with Crippen molar-refractivity contribution in [2.75, 3.05) is 0 Å². The Hall–Kier alpha value is -1.28. The van der Waals surface area contributed by atoms with E-state index < -0.39 is 66.1 Å². The second-order valence-electron chi connectivity index (χ2n) is 6.56. The minimum Gasteiger partial charge on any atom is -0.449 e. The van der Waals surface area contributed by atoms with Crippen LogP contribution in [0.1, 0.15) is 13.3 Å². The number of halogens is 7. The summed E-state index contributed by atoms with van der Waals surface area (Å²) in [5.41, 5.74) is -11.3. The molecule has 0 aromatic rings. The van der Waals surface area contributed by atoms with E-state index >= 15 is 0 Å². The van der Waals surface area contributed by atoms with E-state index in [1.54, 1.807) is 0 Å². The largest absolute Gasteiger partial charge is 0.449 e. The minimum atomic E-state index is -4.13. The van der Waals surface area contributed by atoms with E-state index in [0.717, 1.165) is 6.92 Å². The lowest BCUT2D eigenvalue weighted by Crippen LogP contribution is -2.88. The highest BCUT2D eigenvalue weighted by atomic mass is 19.2. The molecule has 0 spiro atoms. The van der Waals surface area contributed by atoms with Crippen molar-refractivity contribution < 1.29 is 40.3 Å². The van der Waals surface area contributed by atoms with E-state index in [0.29, 0.717) is 0 Å². The number of carbonyl (C=O) groups is 1. The van der Waals surface area contributed by atoms with E-state index in [9.17, 15) is 35.5 Å².